The highest BCUT2D eigenvalue weighted by Crippen LogP contribution is 2.25. The van der Waals surface area contributed by atoms with Crippen molar-refractivity contribution in [3.05, 3.63) is 27.9 Å². The largest absolute Gasteiger partial charge is 0.354 e. The molecule has 0 spiro atoms. The molecule has 2 heterocycles. The summed E-state index contributed by atoms with van der Waals surface area (Å²) in [5.74, 6) is 0.0457. The molecule has 1 N–H and O–H groups in total. The van der Waals surface area contributed by atoms with E-state index in [4.69, 9.17) is 0 Å². The van der Waals surface area contributed by atoms with E-state index in [0.29, 0.717) is 13.0 Å². The van der Waals surface area contributed by atoms with Crippen molar-refractivity contribution in [3.8, 4) is 10.6 Å². The summed E-state index contributed by atoms with van der Waals surface area (Å²) in [5, 5.41) is 10.0. The van der Waals surface area contributed by atoms with Gasteiger partial charge in [0.25, 0.3) is 0 Å². The molecule has 0 atom stereocenters. The van der Waals surface area contributed by atoms with Crippen LogP contribution in [0.3, 0.4) is 0 Å². The van der Waals surface area contributed by atoms with Crippen molar-refractivity contribution in [3.63, 3.8) is 0 Å². The third-order valence-electron chi connectivity index (χ3n) is 3.31. The molecule has 2 aromatic heterocycles. The number of thiophene rings is 1. The first-order chi connectivity index (χ1) is 10.2. The average Bonchev–Trinajstić information content (AvgIpc) is 3.14. The molecule has 0 aliphatic carbocycles. The Bertz CT molecular complexity index is 547. The van der Waals surface area contributed by atoms with Crippen LogP contribution in [-0.2, 0) is 11.2 Å². The first-order valence-corrected chi connectivity index (χ1v) is 9.01. The molecule has 21 heavy (non-hydrogen) atoms. The summed E-state index contributed by atoms with van der Waals surface area (Å²) in [7, 11) is 0. The van der Waals surface area contributed by atoms with Gasteiger partial charge in [0, 0.05) is 29.4 Å². The summed E-state index contributed by atoms with van der Waals surface area (Å²) in [4.78, 5) is 18.7. The van der Waals surface area contributed by atoms with E-state index in [9.17, 15) is 4.79 Å². The van der Waals surface area contributed by atoms with Crippen molar-refractivity contribution in [1.29, 1.82) is 0 Å². The van der Waals surface area contributed by atoms with Gasteiger partial charge >= 0.3 is 0 Å². The number of nitrogens with one attached hydrogen (secondary N) is 1. The third-order valence-corrected chi connectivity index (χ3v) is 4.93. The van der Waals surface area contributed by atoms with E-state index in [2.05, 4.69) is 40.5 Å². The Morgan fingerprint density at radius 1 is 1.33 bits per heavy atom. The zero-order valence-corrected chi connectivity index (χ0v) is 14.1. The number of aromatic nitrogens is 1. The highest BCUT2D eigenvalue weighted by atomic mass is 32.1. The van der Waals surface area contributed by atoms with Crippen molar-refractivity contribution in [1.82, 2.24) is 15.2 Å². The highest BCUT2D eigenvalue weighted by molar-refractivity contribution is 7.14. The molecule has 0 unspecified atom stereocenters. The van der Waals surface area contributed by atoms with Gasteiger partial charge in [0.05, 0.1) is 12.1 Å². The van der Waals surface area contributed by atoms with Crippen LogP contribution in [0.15, 0.2) is 22.2 Å². The van der Waals surface area contributed by atoms with Crippen LogP contribution >= 0.6 is 22.7 Å². The summed E-state index contributed by atoms with van der Waals surface area (Å²) in [6.07, 6.45) is 0.360. The molecule has 0 aromatic carbocycles. The lowest BCUT2D eigenvalue weighted by Crippen LogP contribution is -2.35. The molecule has 2 aromatic rings. The maximum atomic E-state index is 11.9. The van der Waals surface area contributed by atoms with Gasteiger partial charge in [-0.1, -0.05) is 13.8 Å². The number of rotatable bonds is 8. The molecular formula is C15H21N3OS2. The molecule has 0 bridgehead atoms. The monoisotopic (exact) mass is 323 g/mol. The van der Waals surface area contributed by atoms with Crippen LogP contribution in [-0.4, -0.2) is 42.0 Å². The Morgan fingerprint density at radius 3 is 2.81 bits per heavy atom. The molecule has 1 amide bonds. The third kappa shape index (κ3) is 4.91. The van der Waals surface area contributed by atoms with Crippen molar-refractivity contribution in [2.45, 2.75) is 20.3 Å². The topological polar surface area (TPSA) is 45.2 Å². The van der Waals surface area contributed by atoms with Gasteiger partial charge in [-0.15, -0.1) is 11.3 Å². The number of hydrogen-bond acceptors (Lipinski definition) is 5. The number of amides is 1. The van der Waals surface area contributed by atoms with Gasteiger partial charge in [-0.05, 0) is 24.5 Å². The van der Waals surface area contributed by atoms with Crippen LogP contribution in [0.4, 0.5) is 0 Å². The van der Waals surface area contributed by atoms with Crippen LogP contribution in [0, 0.1) is 0 Å². The predicted molar refractivity (Wildman–Crippen MR) is 89.9 cm³/mol. The van der Waals surface area contributed by atoms with E-state index in [0.717, 1.165) is 35.9 Å². The maximum absolute atomic E-state index is 11.9. The number of hydrogen-bond donors (Lipinski definition) is 1. The van der Waals surface area contributed by atoms with Crippen molar-refractivity contribution in [2.75, 3.05) is 26.2 Å². The van der Waals surface area contributed by atoms with Gasteiger partial charge in [0.15, 0.2) is 0 Å². The molecular weight excluding hydrogens is 302 g/mol. The van der Waals surface area contributed by atoms with Gasteiger partial charge in [0.1, 0.15) is 5.01 Å². The number of likely N-dealkylation sites (N-methyl/N-ethyl adjacent to an activating group) is 1. The van der Waals surface area contributed by atoms with E-state index in [1.165, 1.54) is 0 Å². The minimum absolute atomic E-state index is 0.0457. The van der Waals surface area contributed by atoms with Crippen LogP contribution in [0.5, 0.6) is 0 Å². The lowest BCUT2D eigenvalue weighted by molar-refractivity contribution is -0.120. The molecule has 0 saturated carbocycles. The van der Waals surface area contributed by atoms with Gasteiger partial charge in [-0.2, -0.15) is 11.3 Å². The molecule has 0 fully saturated rings. The molecule has 0 aliphatic heterocycles. The Hall–Kier alpha value is -1.24. The second kappa shape index (κ2) is 8.26. The molecule has 4 nitrogen and oxygen atoms in total. The van der Waals surface area contributed by atoms with E-state index in [-0.39, 0.29) is 5.91 Å². The number of nitrogens with zero attached hydrogens (tertiary/aromatic N) is 2. The Balaban J connectivity index is 1.78. The van der Waals surface area contributed by atoms with Crippen LogP contribution in [0.1, 0.15) is 19.5 Å². The second-order valence-corrected chi connectivity index (χ2v) is 6.35. The fourth-order valence-electron chi connectivity index (χ4n) is 2.03. The molecule has 0 radical (unpaired) electrons. The summed E-state index contributed by atoms with van der Waals surface area (Å²) in [6.45, 7) is 7.89. The molecule has 0 aliphatic rings. The first-order valence-electron chi connectivity index (χ1n) is 7.19. The van der Waals surface area contributed by atoms with E-state index < -0.39 is 0 Å². The predicted octanol–water partition coefficient (Wildman–Crippen LogP) is 2.87. The van der Waals surface area contributed by atoms with Gasteiger partial charge < -0.3 is 10.2 Å². The van der Waals surface area contributed by atoms with Crippen molar-refractivity contribution >= 4 is 28.6 Å². The summed E-state index contributed by atoms with van der Waals surface area (Å²) in [6, 6.07) is 2.05. The minimum atomic E-state index is 0.0457. The second-order valence-electron chi connectivity index (χ2n) is 4.71. The van der Waals surface area contributed by atoms with Gasteiger partial charge in [-0.25, -0.2) is 4.98 Å². The minimum Gasteiger partial charge on any atom is -0.354 e. The zero-order chi connectivity index (χ0) is 15.1. The van der Waals surface area contributed by atoms with Crippen molar-refractivity contribution in [2.24, 2.45) is 0 Å². The van der Waals surface area contributed by atoms with Crippen molar-refractivity contribution < 1.29 is 4.79 Å². The quantitative estimate of drug-likeness (QED) is 0.812. The number of carbonyl (C=O) groups excluding carboxylic acids is 1. The maximum Gasteiger partial charge on any atom is 0.226 e. The van der Waals surface area contributed by atoms with E-state index in [1.807, 2.05) is 10.8 Å². The summed E-state index contributed by atoms with van der Waals surface area (Å²) < 4.78 is 0. The highest BCUT2D eigenvalue weighted by Gasteiger charge is 2.09. The van der Waals surface area contributed by atoms with E-state index >= 15 is 0 Å². The fraction of sp³-hybridized carbons (Fsp3) is 0.467. The summed E-state index contributed by atoms with van der Waals surface area (Å²) in [5.41, 5.74) is 1.99. The van der Waals surface area contributed by atoms with E-state index in [1.54, 1.807) is 22.7 Å². The molecule has 0 saturated heterocycles. The molecule has 114 valence electrons. The number of thiazole rings is 1. The average molecular weight is 323 g/mol. The van der Waals surface area contributed by atoms with Crippen LogP contribution < -0.4 is 5.32 Å². The lowest BCUT2D eigenvalue weighted by Gasteiger charge is -2.17. The fourth-order valence-corrected chi connectivity index (χ4v) is 3.56. The smallest absolute Gasteiger partial charge is 0.226 e. The molecule has 6 heteroatoms. The standard InChI is InChI=1S/C15H21N3OS2/c1-3-18(4-2)7-6-16-14(19)9-13-11-21-15(17-13)12-5-8-20-10-12/h5,8,10-11H,3-4,6-7,9H2,1-2H3,(H,16,19). The normalized spacial score (nSPS) is 11.0. The zero-order valence-electron chi connectivity index (χ0n) is 12.5. The van der Waals surface area contributed by atoms with Gasteiger partial charge in [-0.3, -0.25) is 4.79 Å². The van der Waals surface area contributed by atoms with Crippen LogP contribution in [0.25, 0.3) is 10.6 Å². The Morgan fingerprint density at radius 2 is 2.14 bits per heavy atom. The number of carbonyl (C=O) groups is 1. The molecule has 2 rings (SSSR count). The SMILES string of the molecule is CCN(CC)CCNC(=O)Cc1csc(-c2ccsc2)n1. The van der Waals surface area contributed by atoms with Gasteiger partial charge in [0.2, 0.25) is 5.91 Å². The lowest BCUT2D eigenvalue weighted by atomic mass is 10.3. The Kier molecular flexibility index (Phi) is 6.35. The summed E-state index contributed by atoms with van der Waals surface area (Å²) >= 11 is 3.25. The first kappa shape index (κ1) is 16.1. The van der Waals surface area contributed by atoms with Crippen LogP contribution in [0.2, 0.25) is 0 Å². The Labute approximate surface area is 133 Å².